The summed E-state index contributed by atoms with van der Waals surface area (Å²) in [5.41, 5.74) is 1.81. The van der Waals surface area contributed by atoms with Crippen LogP contribution >= 0.6 is 0 Å². The molecule has 0 amide bonds. The lowest BCUT2D eigenvalue weighted by atomic mass is 10.1. The van der Waals surface area contributed by atoms with Crippen molar-refractivity contribution < 1.29 is 5.11 Å². The minimum absolute atomic E-state index is 0.529. The van der Waals surface area contributed by atoms with Gasteiger partial charge in [-0.05, 0) is 18.6 Å². The van der Waals surface area contributed by atoms with E-state index in [1.807, 2.05) is 54.3 Å². The zero-order valence-corrected chi connectivity index (χ0v) is 11.9. The van der Waals surface area contributed by atoms with Crippen molar-refractivity contribution in [3.63, 3.8) is 0 Å². The monoisotopic (exact) mass is 282 g/mol. The largest absolute Gasteiger partial charge is 0.388 e. The number of aliphatic hydroxyl groups is 1. The highest BCUT2D eigenvalue weighted by atomic mass is 16.3. The molecule has 0 saturated carbocycles. The van der Waals surface area contributed by atoms with Crippen LogP contribution in [0.4, 0.5) is 0 Å². The van der Waals surface area contributed by atoms with Gasteiger partial charge < -0.3 is 9.67 Å². The maximum absolute atomic E-state index is 10.3. The summed E-state index contributed by atoms with van der Waals surface area (Å²) in [5, 5.41) is 14.6. The molecule has 0 bridgehead atoms. The average molecular weight is 282 g/mol. The van der Waals surface area contributed by atoms with Gasteiger partial charge in [-0.15, -0.1) is 0 Å². The van der Waals surface area contributed by atoms with E-state index in [2.05, 4.69) is 10.1 Å². The molecular weight excluding hydrogens is 264 g/mol. The van der Waals surface area contributed by atoms with Crippen molar-refractivity contribution in [1.29, 1.82) is 0 Å². The summed E-state index contributed by atoms with van der Waals surface area (Å²) >= 11 is 0. The number of imidazole rings is 1. The van der Waals surface area contributed by atoms with Gasteiger partial charge in [0.15, 0.2) is 0 Å². The van der Waals surface area contributed by atoms with Crippen molar-refractivity contribution >= 4 is 0 Å². The van der Waals surface area contributed by atoms with Gasteiger partial charge in [-0.2, -0.15) is 5.10 Å². The van der Waals surface area contributed by atoms with Crippen LogP contribution in [0.15, 0.2) is 55.1 Å². The Kier molecular flexibility index (Phi) is 3.83. The highest BCUT2D eigenvalue weighted by Gasteiger charge is 2.12. The van der Waals surface area contributed by atoms with Crippen molar-refractivity contribution in [1.82, 2.24) is 19.3 Å². The third-order valence-corrected chi connectivity index (χ3v) is 3.57. The molecule has 1 N–H and O–H groups in total. The first-order valence-electron chi connectivity index (χ1n) is 6.98. The first kappa shape index (κ1) is 13.6. The van der Waals surface area contributed by atoms with Crippen LogP contribution in [0.1, 0.15) is 23.9 Å². The molecule has 1 atom stereocenters. The van der Waals surface area contributed by atoms with Crippen molar-refractivity contribution in [3.05, 3.63) is 66.5 Å². The Morgan fingerprint density at radius 2 is 2.05 bits per heavy atom. The second-order valence-corrected chi connectivity index (χ2v) is 5.06. The Morgan fingerprint density at radius 1 is 1.24 bits per heavy atom. The Bertz CT molecular complexity index is 702. The molecule has 3 rings (SSSR count). The topological polar surface area (TPSA) is 55.9 Å². The van der Waals surface area contributed by atoms with Crippen LogP contribution in [0.3, 0.4) is 0 Å². The molecule has 5 heteroatoms. The summed E-state index contributed by atoms with van der Waals surface area (Å²) in [6.45, 7) is 0. The summed E-state index contributed by atoms with van der Waals surface area (Å²) in [6, 6.07) is 9.87. The zero-order valence-electron chi connectivity index (χ0n) is 11.9. The van der Waals surface area contributed by atoms with Gasteiger partial charge in [0.1, 0.15) is 5.82 Å². The van der Waals surface area contributed by atoms with Gasteiger partial charge in [-0.1, -0.05) is 18.2 Å². The van der Waals surface area contributed by atoms with Gasteiger partial charge in [0.05, 0.1) is 18.0 Å². The Morgan fingerprint density at radius 3 is 2.76 bits per heavy atom. The summed E-state index contributed by atoms with van der Waals surface area (Å²) in [4.78, 5) is 4.27. The van der Waals surface area contributed by atoms with Crippen LogP contribution < -0.4 is 0 Å². The number of nitrogens with zero attached hydrogens (tertiary/aromatic N) is 4. The fourth-order valence-corrected chi connectivity index (χ4v) is 2.30. The van der Waals surface area contributed by atoms with E-state index < -0.39 is 6.10 Å². The number of hydrogen-bond acceptors (Lipinski definition) is 3. The molecule has 5 nitrogen and oxygen atoms in total. The van der Waals surface area contributed by atoms with E-state index in [1.165, 1.54) is 0 Å². The van der Waals surface area contributed by atoms with Crippen LogP contribution in [0.25, 0.3) is 5.69 Å². The summed E-state index contributed by atoms with van der Waals surface area (Å²) < 4.78 is 3.75. The molecule has 0 radical (unpaired) electrons. The lowest BCUT2D eigenvalue weighted by Crippen LogP contribution is -2.03. The Labute approximate surface area is 123 Å². The van der Waals surface area contributed by atoms with E-state index in [1.54, 1.807) is 17.1 Å². The molecule has 2 aromatic heterocycles. The molecule has 1 unspecified atom stereocenters. The lowest BCUT2D eigenvalue weighted by molar-refractivity contribution is 0.167. The predicted octanol–water partition coefficient (Wildman–Crippen LogP) is 2.27. The third-order valence-electron chi connectivity index (χ3n) is 3.57. The Balaban J connectivity index is 1.67. The minimum Gasteiger partial charge on any atom is -0.388 e. The van der Waals surface area contributed by atoms with Gasteiger partial charge in [-0.25, -0.2) is 9.67 Å². The first-order chi connectivity index (χ1) is 10.2. The second-order valence-electron chi connectivity index (χ2n) is 5.06. The average Bonchev–Trinajstić information content (AvgIpc) is 3.15. The molecule has 0 spiro atoms. The summed E-state index contributed by atoms with van der Waals surface area (Å²) in [5.74, 6) is 0.976. The predicted molar refractivity (Wildman–Crippen MR) is 80.1 cm³/mol. The quantitative estimate of drug-likeness (QED) is 0.781. The Hall–Kier alpha value is -2.40. The molecule has 0 fully saturated rings. The highest BCUT2D eigenvalue weighted by Crippen LogP contribution is 2.19. The molecule has 0 saturated heterocycles. The normalized spacial score (nSPS) is 12.5. The number of rotatable bonds is 5. The maximum atomic E-state index is 10.3. The van der Waals surface area contributed by atoms with E-state index in [9.17, 15) is 5.11 Å². The third kappa shape index (κ3) is 3.03. The molecule has 108 valence electrons. The van der Waals surface area contributed by atoms with Gasteiger partial charge in [-0.3, -0.25) is 0 Å². The molecule has 0 aliphatic heterocycles. The first-order valence-corrected chi connectivity index (χ1v) is 6.98. The van der Waals surface area contributed by atoms with Crippen molar-refractivity contribution in [2.24, 2.45) is 7.05 Å². The number of benzene rings is 1. The maximum Gasteiger partial charge on any atom is 0.108 e. The number of para-hydroxylation sites is 1. The second kappa shape index (κ2) is 5.93. The number of aryl methyl sites for hydroxylation is 2. The smallest absolute Gasteiger partial charge is 0.108 e. The van der Waals surface area contributed by atoms with Crippen molar-refractivity contribution in [2.75, 3.05) is 0 Å². The fourth-order valence-electron chi connectivity index (χ4n) is 2.30. The van der Waals surface area contributed by atoms with E-state index in [0.717, 1.165) is 23.5 Å². The van der Waals surface area contributed by atoms with Crippen molar-refractivity contribution in [2.45, 2.75) is 18.9 Å². The van der Waals surface area contributed by atoms with Gasteiger partial charge in [0, 0.05) is 37.6 Å². The molecule has 2 heterocycles. The number of hydrogen-bond donors (Lipinski definition) is 1. The summed E-state index contributed by atoms with van der Waals surface area (Å²) in [6.07, 6.45) is 8.12. The fraction of sp³-hybridized carbons (Fsp3) is 0.250. The minimum atomic E-state index is -0.529. The molecule has 3 aromatic rings. The van der Waals surface area contributed by atoms with E-state index in [0.29, 0.717) is 6.42 Å². The lowest BCUT2D eigenvalue weighted by Gasteiger charge is -2.08. The van der Waals surface area contributed by atoms with E-state index in [-0.39, 0.29) is 0 Å². The van der Waals surface area contributed by atoms with Crippen LogP contribution in [0.5, 0.6) is 0 Å². The van der Waals surface area contributed by atoms with Gasteiger partial charge in [0.2, 0.25) is 0 Å². The molecule has 1 aromatic carbocycles. The summed E-state index contributed by atoms with van der Waals surface area (Å²) in [7, 11) is 1.96. The van der Waals surface area contributed by atoms with Crippen LogP contribution in [-0.2, 0) is 13.5 Å². The molecule has 21 heavy (non-hydrogen) atoms. The van der Waals surface area contributed by atoms with Gasteiger partial charge >= 0.3 is 0 Å². The van der Waals surface area contributed by atoms with Gasteiger partial charge in [0.25, 0.3) is 0 Å². The molecule has 0 aliphatic carbocycles. The molecule has 0 aliphatic rings. The van der Waals surface area contributed by atoms with Crippen molar-refractivity contribution in [3.8, 4) is 5.69 Å². The molecular formula is C16H18N4O. The standard InChI is InChI=1S/C16H18N4O/c1-19-10-9-17-16(19)8-7-15(21)13-11-18-20(12-13)14-5-3-2-4-6-14/h2-6,9-12,15,21H,7-8H2,1H3. The van der Waals surface area contributed by atoms with Crippen LogP contribution in [0, 0.1) is 0 Å². The van der Waals surface area contributed by atoms with E-state index >= 15 is 0 Å². The highest BCUT2D eigenvalue weighted by molar-refractivity contribution is 5.31. The van der Waals surface area contributed by atoms with E-state index in [4.69, 9.17) is 0 Å². The number of aromatic nitrogens is 4. The van der Waals surface area contributed by atoms with Crippen LogP contribution in [0.2, 0.25) is 0 Å². The van der Waals surface area contributed by atoms with Crippen LogP contribution in [-0.4, -0.2) is 24.4 Å². The number of aliphatic hydroxyl groups excluding tert-OH is 1. The SMILES string of the molecule is Cn1ccnc1CCC(O)c1cnn(-c2ccccc2)c1. The zero-order chi connectivity index (χ0) is 14.7.